The largest absolute Gasteiger partial charge is 0.313 e. The van der Waals surface area contributed by atoms with Crippen LogP contribution in [0, 0.1) is 5.41 Å². The molecular weight excluding hydrogens is 126 g/mol. The topological polar surface area (TPSA) is 29.1 Å². The number of hydrogen-bond donors (Lipinski definition) is 1. The average molecular weight is 139 g/mol. The number of carbonyl (C=O) groups excluding carboxylic acids is 1. The quantitative estimate of drug-likeness (QED) is 0.571. The molecule has 1 spiro atoms. The first kappa shape index (κ1) is 6.35. The predicted octanol–water partition coefficient (Wildman–Crippen LogP) is 0.718. The Labute approximate surface area is 61.0 Å². The van der Waals surface area contributed by atoms with E-state index in [9.17, 15) is 4.79 Å². The van der Waals surface area contributed by atoms with Crippen molar-refractivity contribution in [3.8, 4) is 0 Å². The minimum atomic E-state index is 0.500. The highest BCUT2D eigenvalue weighted by Gasteiger charge is 2.47. The second-order valence-electron chi connectivity index (χ2n) is 3.68. The van der Waals surface area contributed by atoms with Crippen LogP contribution in [0.15, 0.2) is 0 Å². The van der Waals surface area contributed by atoms with Gasteiger partial charge in [-0.1, -0.05) is 0 Å². The van der Waals surface area contributed by atoms with Crippen LogP contribution in [0.3, 0.4) is 0 Å². The molecule has 0 radical (unpaired) electrons. The van der Waals surface area contributed by atoms with E-state index in [1.165, 1.54) is 19.3 Å². The van der Waals surface area contributed by atoms with E-state index in [0.717, 1.165) is 12.8 Å². The lowest BCUT2D eigenvalue weighted by atomic mass is 10.0. The summed E-state index contributed by atoms with van der Waals surface area (Å²) in [6, 6.07) is 0.500. The standard InChI is InChI=1S/C8H13NO/c10-4-1-7-5-8(2-3-8)6-9-7/h4,7,9H,1-3,5-6H2/t7-/m1/s1. The van der Waals surface area contributed by atoms with Gasteiger partial charge >= 0.3 is 0 Å². The molecule has 56 valence electrons. The third-order valence-electron chi connectivity index (χ3n) is 2.78. The van der Waals surface area contributed by atoms with Crippen molar-refractivity contribution in [2.75, 3.05) is 6.54 Å². The fourth-order valence-corrected chi connectivity index (χ4v) is 1.87. The molecule has 2 heteroatoms. The highest BCUT2D eigenvalue weighted by atomic mass is 16.1. The Morgan fingerprint density at radius 2 is 2.40 bits per heavy atom. The fourth-order valence-electron chi connectivity index (χ4n) is 1.87. The van der Waals surface area contributed by atoms with Crippen molar-refractivity contribution in [2.45, 2.75) is 31.7 Å². The molecule has 1 heterocycles. The van der Waals surface area contributed by atoms with Crippen molar-refractivity contribution in [3.05, 3.63) is 0 Å². The third-order valence-corrected chi connectivity index (χ3v) is 2.78. The molecule has 1 atom stereocenters. The summed E-state index contributed by atoms with van der Waals surface area (Å²) in [6.45, 7) is 1.16. The van der Waals surface area contributed by atoms with E-state index >= 15 is 0 Å². The van der Waals surface area contributed by atoms with Crippen LogP contribution in [0.1, 0.15) is 25.7 Å². The lowest BCUT2D eigenvalue weighted by molar-refractivity contribution is -0.108. The summed E-state index contributed by atoms with van der Waals surface area (Å²) in [5.41, 5.74) is 0.647. The van der Waals surface area contributed by atoms with E-state index in [2.05, 4.69) is 5.32 Å². The highest BCUT2D eigenvalue weighted by Crippen LogP contribution is 2.52. The van der Waals surface area contributed by atoms with Gasteiger partial charge in [-0.05, 0) is 24.7 Å². The van der Waals surface area contributed by atoms with E-state index < -0.39 is 0 Å². The predicted molar refractivity (Wildman–Crippen MR) is 38.8 cm³/mol. The van der Waals surface area contributed by atoms with E-state index in [1.54, 1.807) is 0 Å². The number of hydrogen-bond acceptors (Lipinski definition) is 2. The van der Waals surface area contributed by atoms with Crippen molar-refractivity contribution in [1.82, 2.24) is 5.32 Å². The maximum absolute atomic E-state index is 10.2. The minimum Gasteiger partial charge on any atom is -0.313 e. The summed E-state index contributed by atoms with van der Waals surface area (Å²) >= 11 is 0. The van der Waals surface area contributed by atoms with Gasteiger partial charge in [-0.2, -0.15) is 0 Å². The summed E-state index contributed by atoms with van der Waals surface area (Å²) in [4.78, 5) is 10.2. The molecule has 0 unspecified atom stereocenters. The Balaban J connectivity index is 1.87. The summed E-state index contributed by atoms with van der Waals surface area (Å²) in [5.74, 6) is 0. The molecule has 1 N–H and O–H groups in total. The van der Waals surface area contributed by atoms with Crippen LogP contribution in [0.25, 0.3) is 0 Å². The van der Waals surface area contributed by atoms with Gasteiger partial charge in [0.15, 0.2) is 0 Å². The van der Waals surface area contributed by atoms with Crippen LogP contribution >= 0.6 is 0 Å². The normalized spacial score (nSPS) is 34.6. The zero-order valence-corrected chi connectivity index (χ0v) is 6.10. The molecule has 2 aliphatic rings. The Morgan fingerprint density at radius 1 is 1.60 bits per heavy atom. The summed E-state index contributed by atoms with van der Waals surface area (Å²) in [7, 11) is 0. The van der Waals surface area contributed by atoms with E-state index in [1.807, 2.05) is 0 Å². The maximum Gasteiger partial charge on any atom is 0.121 e. The van der Waals surface area contributed by atoms with Crippen molar-refractivity contribution in [1.29, 1.82) is 0 Å². The van der Waals surface area contributed by atoms with Crippen LogP contribution in [-0.4, -0.2) is 18.9 Å². The molecule has 1 saturated carbocycles. The SMILES string of the molecule is O=CC[C@@H]1CC2(CC2)CN1. The Morgan fingerprint density at radius 3 is 2.90 bits per heavy atom. The van der Waals surface area contributed by atoms with Gasteiger partial charge in [0, 0.05) is 19.0 Å². The summed E-state index contributed by atoms with van der Waals surface area (Å²) < 4.78 is 0. The number of carbonyl (C=O) groups is 1. The van der Waals surface area contributed by atoms with Crippen LogP contribution in [0.2, 0.25) is 0 Å². The van der Waals surface area contributed by atoms with Gasteiger partial charge in [0.2, 0.25) is 0 Å². The number of nitrogens with one attached hydrogen (secondary N) is 1. The molecule has 1 aliphatic heterocycles. The van der Waals surface area contributed by atoms with E-state index in [4.69, 9.17) is 0 Å². The average Bonchev–Trinajstić information content (AvgIpc) is 2.52. The zero-order chi connectivity index (χ0) is 7.03. The fraction of sp³-hybridized carbons (Fsp3) is 0.875. The van der Waals surface area contributed by atoms with E-state index in [0.29, 0.717) is 17.9 Å². The lowest BCUT2D eigenvalue weighted by Crippen LogP contribution is -2.21. The molecule has 1 saturated heterocycles. The molecule has 2 fully saturated rings. The van der Waals surface area contributed by atoms with Crippen molar-refractivity contribution >= 4 is 6.29 Å². The first-order valence-corrected chi connectivity index (χ1v) is 4.02. The number of aldehydes is 1. The molecular formula is C8H13NO. The summed E-state index contributed by atoms with van der Waals surface area (Å²) in [6.07, 6.45) is 5.75. The molecule has 0 aromatic heterocycles. The van der Waals surface area contributed by atoms with Crippen molar-refractivity contribution in [3.63, 3.8) is 0 Å². The lowest BCUT2D eigenvalue weighted by Gasteiger charge is -2.03. The van der Waals surface area contributed by atoms with Gasteiger partial charge in [0.1, 0.15) is 6.29 Å². The van der Waals surface area contributed by atoms with Gasteiger partial charge < -0.3 is 10.1 Å². The third kappa shape index (κ3) is 0.966. The smallest absolute Gasteiger partial charge is 0.121 e. The molecule has 0 amide bonds. The monoisotopic (exact) mass is 139 g/mol. The Bertz CT molecular complexity index is 151. The van der Waals surface area contributed by atoms with Crippen molar-refractivity contribution < 1.29 is 4.79 Å². The first-order chi connectivity index (χ1) is 4.85. The Hall–Kier alpha value is -0.370. The second-order valence-corrected chi connectivity index (χ2v) is 3.68. The van der Waals surface area contributed by atoms with Crippen LogP contribution in [0.4, 0.5) is 0 Å². The van der Waals surface area contributed by atoms with Gasteiger partial charge in [-0.3, -0.25) is 0 Å². The van der Waals surface area contributed by atoms with Gasteiger partial charge in [0.05, 0.1) is 0 Å². The zero-order valence-electron chi connectivity index (χ0n) is 6.10. The first-order valence-electron chi connectivity index (χ1n) is 4.02. The highest BCUT2D eigenvalue weighted by molar-refractivity contribution is 5.50. The minimum absolute atomic E-state index is 0.500. The Kier molecular flexibility index (Phi) is 1.31. The van der Waals surface area contributed by atoms with E-state index in [-0.39, 0.29) is 0 Å². The molecule has 0 bridgehead atoms. The molecule has 2 nitrogen and oxygen atoms in total. The molecule has 2 rings (SSSR count). The summed E-state index contributed by atoms with van der Waals surface area (Å²) in [5, 5.41) is 3.38. The molecule has 10 heavy (non-hydrogen) atoms. The van der Waals surface area contributed by atoms with Gasteiger partial charge in [-0.15, -0.1) is 0 Å². The molecule has 0 aromatic carbocycles. The number of rotatable bonds is 2. The molecule has 1 aliphatic carbocycles. The van der Waals surface area contributed by atoms with Crippen LogP contribution in [0.5, 0.6) is 0 Å². The maximum atomic E-state index is 10.2. The molecule has 0 aromatic rings. The van der Waals surface area contributed by atoms with Gasteiger partial charge in [0.25, 0.3) is 0 Å². The second kappa shape index (κ2) is 2.06. The van der Waals surface area contributed by atoms with Gasteiger partial charge in [-0.25, -0.2) is 0 Å². The van der Waals surface area contributed by atoms with Crippen molar-refractivity contribution in [2.24, 2.45) is 5.41 Å². The van der Waals surface area contributed by atoms with Crippen LogP contribution in [-0.2, 0) is 4.79 Å². The van der Waals surface area contributed by atoms with Crippen LogP contribution < -0.4 is 5.32 Å².